The van der Waals surface area contributed by atoms with Crippen LogP contribution in [0.4, 0.5) is 0 Å². The molecule has 10 heavy (non-hydrogen) atoms. The minimum Gasteiger partial charge on any atom is -0.366 e. The molecule has 0 amide bonds. The van der Waals surface area contributed by atoms with Crippen molar-refractivity contribution in [3.8, 4) is 0 Å². The van der Waals surface area contributed by atoms with Crippen LogP contribution in [0.1, 0.15) is 26.7 Å². The van der Waals surface area contributed by atoms with E-state index in [1.165, 1.54) is 25.9 Å². The van der Waals surface area contributed by atoms with Crippen molar-refractivity contribution < 1.29 is 0 Å². The van der Waals surface area contributed by atoms with Gasteiger partial charge in [-0.05, 0) is 25.7 Å². The van der Waals surface area contributed by atoms with E-state index < -0.39 is 0 Å². The molecule has 1 unspecified atom stereocenters. The number of nitrogens with zero attached hydrogens (tertiary/aromatic N) is 1. The highest BCUT2D eigenvalue weighted by Gasteiger charge is 2.15. The Kier molecular flexibility index (Phi) is 2.66. The summed E-state index contributed by atoms with van der Waals surface area (Å²) in [5.74, 6) is 0.839. The number of thiocarbonyl (C=S) groups is 1. The zero-order valence-electron chi connectivity index (χ0n) is 6.76. The lowest BCUT2D eigenvalue weighted by Crippen LogP contribution is -2.36. The fourth-order valence-electron chi connectivity index (χ4n) is 1.48. The van der Waals surface area contributed by atoms with Gasteiger partial charge >= 0.3 is 0 Å². The summed E-state index contributed by atoms with van der Waals surface area (Å²) in [6, 6.07) is 0. The van der Waals surface area contributed by atoms with Crippen molar-refractivity contribution >= 4 is 17.2 Å². The van der Waals surface area contributed by atoms with Crippen molar-refractivity contribution in [2.45, 2.75) is 26.7 Å². The highest BCUT2D eigenvalue weighted by atomic mass is 32.1. The molecule has 1 fully saturated rings. The van der Waals surface area contributed by atoms with Gasteiger partial charge in [-0.15, -0.1) is 0 Å². The van der Waals surface area contributed by atoms with Crippen LogP contribution in [-0.4, -0.2) is 23.0 Å². The van der Waals surface area contributed by atoms with Crippen LogP contribution in [0.3, 0.4) is 0 Å². The zero-order valence-corrected chi connectivity index (χ0v) is 7.58. The van der Waals surface area contributed by atoms with Crippen LogP contribution in [0.2, 0.25) is 0 Å². The second-order valence-corrected chi connectivity index (χ2v) is 3.80. The molecule has 0 spiro atoms. The van der Waals surface area contributed by atoms with E-state index in [9.17, 15) is 0 Å². The Morgan fingerprint density at radius 2 is 2.30 bits per heavy atom. The van der Waals surface area contributed by atoms with Gasteiger partial charge in [0.15, 0.2) is 0 Å². The van der Waals surface area contributed by atoms with Crippen molar-refractivity contribution in [1.82, 2.24) is 4.90 Å². The second kappa shape index (κ2) is 3.33. The molecule has 0 radical (unpaired) electrons. The van der Waals surface area contributed by atoms with Crippen LogP contribution >= 0.6 is 12.2 Å². The van der Waals surface area contributed by atoms with Gasteiger partial charge in [-0.2, -0.15) is 0 Å². The lowest BCUT2D eigenvalue weighted by molar-refractivity contribution is 0.276. The maximum absolute atomic E-state index is 5.09. The molecule has 1 nitrogen and oxygen atoms in total. The summed E-state index contributed by atoms with van der Waals surface area (Å²) in [6.45, 7) is 6.67. The SMILES string of the molecule is CC(=S)N1CCCC(C)C1. The van der Waals surface area contributed by atoms with Gasteiger partial charge in [-0.3, -0.25) is 0 Å². The molecule has 1 atom stereocenters. The van der Waals surface area contributed by atoms with Gasteiger partial charge in [0.1, 0.15) is 0 Å². The molecule has 2 heteroatoms. The minimum absolute atomic E-state index is 0.839. The first-order chi connectivity index (χ1) is 4.70. The van der Waals surface area contributed by atoms with Crippen LogP contribution in [-0.2, 0) is 0 Å². The molecule has 1 saturated heterocycles. The van der Waals surface area contributed by atoms with Crippen molar-refractivity contribution in [3.63, 3.8) is 0 Å². The number of hydrogen-bond acceptors (Lipinski definition) is 1. The van der Waals surface area contributed by atoms with Gasteiger partial charge < -0.3 is 4.90 Å². The summed E-state index contributed by atoms with van der Waals surface area (Å²) in [6.07, 6.45) is 2.69. The van der Waals surface area contributed by atoms with Gasteiger partial charge in [-0.25, -0.2) is 0 Å². The van der Waals surface area contributed by atoms with Gasteiger partial charge in [0.2, 0.25) is 0 Å². The van der Waals surface area contributed by atoms with Crippen molar-refractivity contribution in [2.24, 2.45) is 5.92 Å². The van der Waals surface area contributed by atoms with E-state index in [2.05, 4.69) is 11.8 Å². The van der Waals surface area contributed by atoms with Crippen molar-refractivity contribution in [1.29, 1.82) is 0 Å². The lowest BCUT2D eigenvalue weighted by atomic mass is 10.0. The van der Waals surface area contributed by atoms with Gasteiger partial charge in [0.05, 0.1) is 4.99 Å². The lowest BCUT2D eigenvalue weighted by Gasteiger charge is -2.31. The van der Waals surface area contributed by atoms with E-state index in [-0.39, 0.29) is 0 Å². The molecular formula is C8H15NS. The molecule has 1 aliphatic heterocycles. The third-order valence-corrected chi connectivity index (χ3v) is 2.36. The van der Waals surface area contributed by atoms with Crippen LogP contribution < -0.4 is 0 Å². The summed E-state index contributed by atoms with van der Waals surface area (Å²) in [5.41, 5.74) is 0. The van der Waals surface area contributed by atoms with Crippen LogP contribution in [0.5, 0.6) is 0 Å². The highest BCUT2D eigenvalue weighted by Crippen LogP contribution is 2.15. The van der Waals surface area contributed by atoms with Crippen molar-refractivity contribution in [3.05, 3.63) is 0 Å². The van der Waals surface area contributed by atoms with E-state index >= 15 is 0 Å². The smallest absolute Gasteiger partial charge is 0.0747 e. The number of piperidine rings is 1. The average Bonchev–Trinajstić information content (AvgIpc) is 1.88. The Morgan fingerprint density at radius 3 is 2.70 bits per heavy atom. The molecule has 0 N–H and O–H groups in total. The molecule has 0 aromatic rings. The highest BCUT2D eigenvalue weighted by molar-refractivity contribution is 7.80. The first-order valence-corrected chi connectivity index (χ1v) is 4.36. The minimum atomic E-state index is 0.839. The third kappa shape index (κ3) is 1.94. The van der Waals surface area contributed by atoms with Crippen LogP contribution in [0.25, 0.3) is 0 Å². The summed E-state index contributed by atoms with van der Waals surface area (Å²) in [5, 5.41) is 0. The zero-order chi connectivity index (χ0) is 7.56. The maximum Gasteiger partial charge on any atom is 0.0747 e. The molecule has 0 aromatic carbocycles. The standard InChI is InChI=1S/C8H15NS/c1-7-4-3-5-9(6-7)8(2)10/h7H,3-6H2,1-2H3. The Morgan fingerprint density at radius 1 is 1.60 bits per heavy atom. The van der Waals surface area contributed by atoms with Crippen LogP contribution in [0.15, 0.2) is 0 Å². The predicted molar refractivity (Wildman–Crippen MR) is 48.2 cm³/mol. The molecule has 1 rings (SSSR count). The van der Waals surface area contributed by atoms with Gasteiger partial charge in [0, 0.05) is 13.1 Å². The van der Waals surface area contributed by atoms with Crippen molar-refractivity contribution in [2.75, 3.05) is 13.1 Å². The molecule has 58 valence electrons. The van der Waals surface area contributed by atoms with E-state index in [0.29, 0.717) is 0 Å². The predicted octanol–water partition coefficient (Wildman–Crippen LogP) is 2.07. The number of likely N-dealkylation sites (tertiary alicyclic amines) is 1. The van der Waals surface area contributed by atoms with E-state index in [0.717, 1.165) is 10.9 Å². The topological polar surface area (TPSA) is 3.24 Å². The Balaban J connectivity index is 2.39. The van der Waals surface area contributed by atoms with E-state index in [1.54, 1.807) is 0 Å². The summed E-state index contributed by atoms with van der Waals surface area (Å²) in [4.78, 5) is 3.37. The maximum atomic E-state index is 5.09. The third-order valence-electron chi connectivity index (χ3n) is 2.10. The average molecular weight is 157 g/mol. The fourth-order valence-corrected chi connectivity index (χ4v) is 1.64. The monoisotopic (exact) mass is 157 g/mol. The Hall–Kier alpha value is -0.110. The Labute approximate surface area is 68.4 Å². The second-order valence-electron chi connectivity index (χ2n) is 3.21. The molecule has 0 saturated carbocycles. The fraction of sp³-hybridized carbons (Fsp3) is 0.875. The molecule has 0 aromatic heterocycles. The van der Waals surface area contributed by atoms with Gasteiger partial charge in [-0.1, -0.05) is 19.1 Å². The molecule has 1 aliphatic rings. The summed E-state index contributed by atoms with van der Waals surface area (Å²) >= 11 is 5.09. The molecule has 1 heterocycles. The largest absolute Gasteiger partial charge is 0.366 e. The summed E-state index contributed by atoms with van der Waals surface area (Å²) < 4.78 is 0. The normalized spacial score (nSPS) is 26.6. The first kappa shape index (κ1) is 7.99. The molecule has 0 aliphatic carbocycles. The van der Waals surface area contributed by atoms with Crippen LogP contribution in [0, 0.1) is 5.92 Å². The first-order valence-electron chi connectivity index (χ1n) is 3.95. The number of rotatable bonds is 0. The van der Waals surface area contributed by atoms with E-state index in [1.807, 2.05) is 6.92 Å². The molecular weight excluding hydrogens is 142 g/mol. The summed E-state index contributed by atoms with van der Waals surface area (Å²) in [7, 11) is 0. The van der Waals surface area contributed by atoms with Gasteiger partial charge in [0.25, 0.3) is 0 Å². The number of hydrogen-bond donors (Lipinski definition) is 0. The Bertz CT molecular complexity index is 133. The molecule has 0 bridgehead atoms. The van der Waals surface area contributed by atoms with E-state index in [4.69, 9.17) is 12.2 Å². The quantitative estimate of drug-likeness (QED) is 0.495.